The summed E-state index contributed by atoms with van der Waals surface area (Å²) in [6.45, 7) is 2.04. The molecule has 1 amide bonds. The third-order valence-electron chi connectivity index (χ3n) is 4.52. The molecular weight excluding hydrogens is 328 g/mol. The fourth-order valence-electron chi connectivity index (χ4n) is 2.98. The van der Waals surface area contributed by atoms with Gasteiger partial charge in [0.1, 0.15) is 5.75 Å². The molecule has 0 aliphatic heterocycles. The molecule has 1 saturated carbocycles. The number of para-hydroxylation sites is 2. The van der Waals surface area contributed by atoms with Crippen LogP contribution in [-0.4, -0.2) is 28.0 Å². The number of aryl methyl sites for hydroxylation is 1. The predicted octanol–water partition coefficient (Wildman–Crippen LogP) is 3.71. The summed E-state index contributed by atoms with van der Waals surface area (Å²) in [6, 6.07) is 15.4. The van der Waals surface area contributed by atoms with Gasteiger partial charge in [0.2, 0.25) is 0 Å². The summed E-state index contributed by atoms with van der Waals surface area (Å²) in [6.07, 6.45) is 2.10. The number of anilines is 1. The number of nitrogens with one attached hydrogen (secondary N) is 1. The Morgan fingerprint density at radius 1 is 1.15 bits per heavy atom. The van der Waals surface area contributed by atoms with Crippen LogP contribution >= 0.6 is 0 Å². The number of nitrogens with zero attached hydrogens (tertiary/aromatic N) is 3. The fourth-order valence-corrected chi connectivity index (χ4v) is 2.98. The molecule has 0 saturated heterocycles. The summed E-state index contributed by atoms with van der Waals surface area (Å²) in [5, 5.41) is 11.3. The quantitative estimate of drug-likeness (QED) is 0.763. The van der Waals surface area contributed by atoms with Crippen molar-refractivity contribution in [2.45, 2.75) is 25.7 Å². The topological polar surface area (TPSA) is 69.0 Å². The lowest BCUT2D eigenvalue weighted by Gasteiger charge is -2.10. The van der Waals surface area contributed by atoms with Crippen LogP contribution in [0.4, 0.5) is 5.69 Å². The van der Waals surface area contributed by atoms with E-state index in [-0.39, 0.29) is 5.91 Å². The van der Waals surface area contributed by atoms with Crippen LogP contribution in [0.2, 0.25) is 0 Å². The van der Waals surface area contributed by atoms with Crippen LogP contribution in [0.3, 0.4) is 0 Å². The van der Waals surface area contributed by atoms with Gasteiger partial charge >= 0.3 is 0 Å². The Hall–Kier alpha value is -3.15. The van der Waals surface area contributed by atoms with Crippen molar-refractivity contribution in [3.05, 3.63) is 65.5 Å². The van der Waals surface area contributed by atoms with Crippen LogP contribution in [0.1, 0.15) is 40.5 Å². The minimum absolute atomic E-state index is 0.269. The molecule has 0 radical (unpaired) electrons. The highest BCUT2D eigenvalue weighted by Gasteiger charge is 2.34. The molecule has 6 nitrogen and oxygen atoms in total. The molecular formula is C20H20N4O2. The number of ether oxygens (including phenoxy) is 1. The molecule has 0 spiro atoms. The highest BCUT2D eigenvalue weighted by molar-refractivity contribution is 6.04. The van der Waals surface area contributed by atoms with Crippen LogP contribution in [0.15, 0.2) is 48.5 Å². The van der Waals surface area contributed by atoms with E-state index >= 15 is 0 Å². The van der Waals surface area contributed by atoms with Crippen molar-refractivity contribution >= 4 is 11.6 Å². The lowest BCUT2D eigenvalue weighted by molar-refractivity contribution is 0.102. The Kier molecular flexibility index (Phi) is 4.16. The summed E-state index contributed by atoms with van der Waals surface area (Å²) in [5.74, 6) is 0.666. The Bertz CT molecular complexity index is 943. The number of hydrogen-bond acceptors (Lipinski definition) is 4. The van der Waals surface area contributed by atoms with Gasteiger partial charge in [-0.1, -0.05) is 35.0 Å². The number of methoxy groups -OCH3 is 1. The zero-order valence-electron chi connectivity index (χ0n) is 14.8. The standard InChI is InChI=1S/C20H20N4O2/c1-13-7-11-15(12-8-13)24-19(14-9-10-14)18(22-23-24)20(25)21-16-5-3-4-6-17(16)26-2/h3-8,11-12,14H,9-10H2,1-2H3,(H,21,25). The molecule has 0 unspecified atom stereocenters. The Labute approximate surface area is 151 Å². The van der Waals surface area contributed by atoms with Gasteiger partial charge < -0.3 is 10.1 Å². The molecule has 132 valence electrons. The molecule has 1 aliphatic rings. The molecule has 0 bridgehead atoms. The third kappa shape index (κ3) is 3.06. The Morgan fingerprint density at radius 3 is 2.58 bits per heavy atom. The summed E-state index contributed by atoms with van der Waals surface area (Å²) in [4.78, 5) is 12.9. The SMILES string of the molecule is COc1ccccc1NC(=O)c1nnn(-c2ccc(C)cc2)c1C1CC1. The molecule has 1 aliphatic carbocycles. The van der Waals surface area contributed by atoms with E-state index in [4.69, 9.17) is 4.74 Å². The number of carbonyl (C=O) groups is 1. The molecule has 1 aromatic heterocycles. The van der Waals surface area contributed by atoms with E-state index in [1.807, 2.05) is 43.3 Å². The van der Waals surface area contributed by atoms with Gasteiger partial charge in [0.05, 0.1) is 24.2 Å². The normalized spacial score (nSPS) is 13.5. The van der Waals surface area contributed by atoms with Gasteiger partial charge in [0.25, 0.3) is 5.91 Å². The average Bonchev–Trinajstić information content (AvgIpc) is 3.41. The van der Waals surface area contributed by atoms with Crippen molar-refractivity contribution in [2.75, 3.05) is 12.4 Å². The monoisotopic (exact) mass is 348 g/mol. The first kappa shape index (κ1) is 16.3. The minimum Gasteiger partial charge on any atom is -0.495 e. The predicted molar refractivity (Wildman–Crippen MR) is 99.0 cm³/mol. The molecule has 1 heterocycles. The fraction of sp³-hybridized carbons (Fsp3) is 0.250. The van der Waals surface area contributed by atoms with Gasteiger partial charge in [-0.2, -0.15) is 0 Å². The molecule has 4 rings (SSSR count). The highest BCUT2D eigenvalue weighted by atomic mass is 16.5. The average molecular weight is 348 g/mol. The molecule has 6 heteroatoms. The summed E-state index contributed by atoms with van der Waals surface area (Å²) < 4.78 is 7.09. The molecule has 2 aromatic carbocycles. The molecule has 0 atom stereocenters. The zero-order valence-corrected chi connectivity index (χ0v) is 14.8. The van der Waals surface area contributed by atoms with Gasteiger partial charge in [-0.15, -0.1) is 5.10 Å². The maximum atomic E-state index is 12.9. The van der Waals surface area contributed by atoms with Crippen molar-refractivity contribution in [1.82, 2.24) is 15.0 Å². The van der Waals surface area contributed by atoms with E-state index in [0.717, 1.165) is 24.2 Å². The van der Waals surface area contributed by atoms with E-state index in [1.54, 1.807) is 23.9 Å². The second-order valence-corrected chi connectivity index (χ2v) is 6.50. The Balaban J connectivity index is 1.68. The number of benzene rings is 2. The zero-order chi connectivity index (χ0) is 18.1. The van der Waals surface area contributed by atoms with Crippen molar-refractivity contribution < 1.29 is 9.53 Å². The summed E-state index contributed by atoms with van der Waals surface area (Å²) in [5.41, 5.74) is 3.96. The first-order valence-electron chi connectivity index (χ1n) is 8.64. The van der Waals surface area contributed by atoms with E-state index in [0.29, 0.717) is 23.0 Å². The second-order valence-electron chi connectivity index (χ2n) is 6.50. The highest BCUT2D eigenvalue weighted by Crippen LogP contribution is 2.42. The van der Waals surface area contributed by atoms with E-state index in [9.17, 15) is 4.79 Å². The van der Waals surface area contributed by atoms with Crippen molar-refractivity contribution in [3.8, 4) is 11.4 Å². The molecule has 26 heavy (non-hydrogen) atoms. The smallest absolute Gasteiger partial charge is 0.278 e. The molecule has 3 aromatic rings. The first-order chi connectivity index (χ1) is 12.7. The third-order valence-corrected chi connectivity index (χ3v) is 4.52. The maximum absolute atomic E-state index is 12.9. The number of aromatic nitrogens is 3. The van der Waals surface area contributed by atoms with Crippen molar-refractivity contribution in [1.29, 1.82) is 0 Å². The van der Waals surface area contributed by atoms with Gasteiger partial charge in [-0.25, -0.2) is 4.68 Å². The first-order valence-corrected chi connectivity index (χ1v) is 8.64. The molecule has 1 fully saturated rings. The van der Waals surface area contributed by atoms with Crippen LogP contribution in [0, 0.1) is 6.92 Å². The van der Waals surface area contributed by atoms with E-state index in [1.165, 1.54) is 5.56 Å². The van der Waals surface area contributed by atoms with Crippen molar-refractivity contribution in [3.63, 3.8) is 0 Å². The summed E-state index contributed by atoms with van der Waals surface area (Å²) in [7, 11) is 1.58. The minimum atomic E-state index is -0.269. The second kappa shape index (κ2) is 6.63. The lowest BCUT2D eigenvalue weighted by Crippen LogP contribution is -2.15. The van der Waals surface area contributed by atoms with Crippen molar-refractivity contribution in [2.24, 2.45) is 0 Å². The number of hydrogen-bond donors (Lipinski definition) is 1. The summed E-state index contributed by atoms with van der Waals surface area (Å²) >= 11 is 0. The number of amides is 1. The van der Waals surface area contributed by atoms with Gasteiger partial charge in [-0.3, -0.25) is 4.79 Å². The van der Waals surface area contributed by atoms with Crippen LogP contribution in [0.25, 0.3) is 5.69 Å². The van der Waals surface area contributed by atoms with E-state index < -0.39 is 0 Å². The maximum Gasteiger partial charge on any atom is 0.278 e. The number of rotatable bonds is 5. The Morgan fingerprint density at radius 2 is 1.88 bits per heavy atom. The molecule has 1 N–H and O–H groups in total. The van der Waals surface area contributed by atoms with Gasteiger partial charge in [0, 0.05) is 5.92 Å². The lowest BCUT2D eigenvalue weighted by atomic mass is 10.2. The largest absolute Gasteiger partial charge is 0.495 e. The van der Waals surface area contributed by atoms with E-state index in [2.05, 4.69) is 15.6 Å². The van der Waals surface area contributed by atoms with Gasteiger partial charge in [-0.05, 0) is 44.0 Å². The van der Waals surface area contributed by atoms with Crippen LogP contribution < -0.4 is 10.1 Å². The van der Waals surface area contributed by atoms with Crippen LogP contribution in [0.5, 0.6) is 5.75 Å². The van der Waals surface area contributed by atoms with Crippen LogP contribution in [-0.2, 0) is 0 Å². The number of carbonyl (C=O) groups excluding carboxylic acids is 1. The van der Waals surface area contributed by atoms with Gasteiger partial charge in [0.15, 0.2) is 5.69 Å².